The first-order chi connectivity index (χ1) is 13.5. The zero-order valence-corrected chi connectivity index (χ0v) is 16.2. The molecule has 1 N–H and O–H groups in total. The summed E-state index contributed by atoms with van der Waals surface area (Å²) < 4.78 is 53.5. The van der Waals surface area contributed by atoms with Gasteiger partial charge in [-0.15, -0.1) is 0 Å². The molecule has 0 fully saturated rings. The van der Waals surface area contributed by atoms with E-state index in [1.165, 1.54) is 10.7 Å². The summed E-state index contributed by atoms with van der Waals surface area (Å²) in [6.45, 7) is 2.68. The van der Waals surface area contributed by atoms with Crippen LogP contribution in [0.25, 0.3) is 11.0 Å². The van der Waals surface area contributed by atoms with Gasteiger partial charge in [0.25, 0.3) is 5.56 Å². The topological polar surface area (TPSA) is 66.8 Å². The molecule has 3 aromatic rings. The molecule has 0 amide bonds. The lowest BCUT2D eigenvalue weighted by Crippen LogP contribution is -2.22. The fourth-order valence-corrected chi connectivity index (χ4v) is 3.11. The highest BCUT2D eigenvalue weighted by atomic mass is 19.4. The fourth-order valence-electron chi connectivity index (χ4n) is 3.11. The van der Waals surface area contributed by atoms with Crippen LogP contribution in [0.2, 0.25) is 0 Å². The highest BCUT2D eigenvalue weighted by Crippen LogP contribution is 2.32. The number of hydrogen-bond acceptors (Lipinski definition) is 4. The number of aromatic nitrogens is 4. The van der Waals surface area contributed by atoms with Gasteiger partial charge < -0.3 is 4.90 Å². The van der Waals surface area contributed by atoms with Crippen LogP contribution >= 0.6 is 0 Å². The Labute approximate surface area is 164 Å². The molecule has 0 aliphatic rings. The summed E-state index contributed by atoms with van der Waals surface area (Å²) in [6, 6.07) is 6.25. The maximum absolute atomic E-state index is 13.6. The average Bonchev–Trinajstić information content (AvgIpc) is 3.00. The van der Waals surface area contributed by atoms with Crippen LogP contribution in [0.1, 0.15) is 36.7 Å². The molecule has 0 aliphatic carbocycles. The zero-order chi connectivity index (χ0) is 21.5. The van der Waals surface area contributed by atoms with Gasteiger partial charge in [0.2, 0.25) is 5.95 Å². The second-order valence-electron chi connectivity index (χ2n) is 7.15. The van der Waals surface area contributed by atoms with Crippen LogP contribution in [0.4, 0.5) is 23.5 Å². The molecule has 0 radical (unpaired) electrons. The standard InChI is InChI=1S/C19H19F4N5O/c1-10(2)15(11-5-7-12(8-6-11)19(21,22)23)28-16-14(13(9-20)26-28)17(29)25-18(24-16)27(3)4/h5,7,10,15H,9H2,1-4H3,(H,24,25,29)/t15-/m1/s1. The van der Waals surface area contributed by atoms with Crippen LogP contribution < -0.4 is 10.5 Å². The van der Waals surface area contributed by atoms with Crippen LogP contribution in [-0.2, 0) is 12.9 Å². The molecule has 0 unspecified atom stereocenters. The molecule has 0 saturated carbocycles. The molecule has 0 bridgehead atoms. The van der Waals surface area contributed by atoms with E-state index in [4.69, 9.17) is 0 Å². The highest BCUT2D eigenvalue weighted by Gasteiger charge is 2.31. The number of aromatic amines is 1. The summed E-state index contributed by atoms with van der Waals surface area (Å²) in [7, 11) is 3.36. The third-order valence-corrected chi connectivity index (χ3v) is 4.46. The van der Waals surface area contributed by atoms with Gasteiger partial charge >= 0.3 is 6.18 Å². The fraction of sp³-hybridized carbons (Fsp3) is 0.421. The lowest BCUT2D eigenvalue weighted by Gasteiger charge is -2.21. The van der Waals surface area contributed by atoms with Gasteiger partial charge in [0.1, 0.15) is 23.3 Å². The SMILES string of the molecule is CC(C)[C@H](c1c#cc(C(F)(F)F)cc1)n1nc(CF)c2c(=O)[nH]c(N(C)C)nc21. The van der Waals surface area contributed by atoms with E-state index in [1.807, 2.05) is 13.8 Å². The van der Waals surface area contributed by atoms with Crippen molar-refractivity contribution in [2.24, 2.45) is 5.92 Å². The largest absolute Gasteiger partial charge is 0.424 e. The number of fused-ring (bicyclic) bond motifs is 1. The van der Waals surface area contributed by atoms with E-state index < -0.39 is 30.0 Å². The third-order valence-electron chi connectivity index (χ3n) is 4.46. The maximum atomic E-state index is 13.6. The number of nitrogens with one attached hydrogen (secondary N) is 1. The molecule has 29 heavy (non-hydrogen) atoms. The van der Waals surface area contributed by atoms with E-state index in [0.717, 1.165) is 6.07 Å². The maximum Gasteiger partial charge on any atom is 0.424 e. The first-order valence-electron chi connectivity index (χ1n) is 8.80. The quantitative estimate of drug-likeness (QED) is 0.655. The minimum Gasteiger partial charge on any atom is -0.348 e. The zero-order valence-electron chi connectivity index (χ0n) is 16.2. The Bertz CT molecular complexity index is 1070. The van der Waals surface area contributed by atoms with Gasteiger partial charge in [0.15, 0.2) is 5.65 Å². The van der Waals surface area contributed by atoms with Crippen molar-refractivity contribution < 1.29 is 17.6 Å². The lowest BCUT2D eigenvalue weighted by molar-refractivity contribution is -0.137. The molecule has 154 valence electrons. The minimum absolute atomic E-state index is 0.0136. The number of nitrogens with zero attached hydrogens (tertiary/aromatic N) is 4. The van der Waals surface area contributed by atoms with Crippen molar-refractivity contribution in [2.45, 2.75) is 32.7 Å². The van der Waals surface area contributed by atoms with E-state index in [0.29, 0.717) is 5.56 Å². The van der Waals surface area contributed by atoms with Crippen LogP contribution in [0.15, 0.2) is 16.9 Å². The van der Waals surface area contributed by atoms with Crippen molar-refractivity contribution in [3.05, 3.63) is 51.4 Å². The normalized spacial score (nSPS) is 13.0. The van der Waals surface area contributed by atoms with Crippen molar-refractivity contribution in [3.8, 4) is 0 Å². The Hall–Kier alpha value is -3.09. The van der Waals surface area contributed by atoms with Crippen LogP contribution in [0, 0.1) is 18.1 Å². The molecule has 2 aromatic heterocycles. The summed E-state index contributed by atoms with van der Waals surface area (Å²) in [5.41, 5.74) is -1.04. The van der Waals surface area contributed by atoms with Crippen molar-refractivity contribution in [1.29, 1.82) is 0 Å². The Morgan fingerprint density at radius 1 is 1.24 bits per heavy atom. The molecular formula is C19H19F4N5O. The van der Waals surface area contributed by atoms with Gasteiger partial charge in [0.05, 0.1) is 6.04 Å². The smallest absolute Gasteiger partial charge is 0.348 e. The van der Waals surface area contributed by atoms with Gasteiger partial charge in [-0.2, -0.15) is 23.3 Å². The molecule has 3 rings (SSSR count). The number of hydrogen-bond donors (Lipinski definition) is 1. The average molecular weight is 409 g/mol. The molecular weight excluding hydrogens is 390 g/mol. The van der Waals surface area contributed by atoms with Crippen molar-refractivity contribution >= 4 is 17.0 Å². The van der Waals surface area contributed by atoms with E-state index in [2.05, 4.69) is 27.2 Å². The van der Waals surface area contributed by atoms with E-state index in [9.17, 15) is 22.4 Å². The van der Waals surface area contributed by atoms with Gasteiger partial charge in [-0.3, -0.25) is 9.78 Å². The number of anilines is 1. The minimum atomic E-state index is -4.53. The predicted molar refractivity (Wildman–Crippen MR) is 99.4 cm³/mol. The predicted octanol–water partition coefficient (Wildman–Crippen LogP) is 3.52. The van der Waals surface area contributed by atoms with Crippen molar-refractivity contribution in [1.82, 2.24) is 19.7 Å². The summed E-state index contributed by atoms with van der Waals surface area (Å²) in [4.78, 5) is 21.0. The van der Waals surface area contributed by atoms with E-state index in [1.54, 1.807) is 19.0 Å². The monoisotopic (exact) mass is 409 g/mol. The van der Waals surface area contributed by atoms with Crippen molar-refractivity contribution in [2.75, 3.05) is 19.0 Å². The van der Waals surface area contributed by atoms with Crippen LogP contribution in [0.3, 0.4) is 0 Å². The highest BCUT2D eigenvalue weighted by molar-refractivity contribution is 5.78. The Balaban J connectivity index is 2.23. The second kappa shape index (κ2) is 7.39. The lowest BCUT2D eigenvalue weighted by atomic mass is 9.96. The van der Waals surface area contributed by atoms with Crippen molar-refractivity contribution in [3.63, 3.8) is 0 Å². The molecule has 10 heteroatoms. The second-order valence-corrected chi connectivity index (χ2v) is 7.15. The van der Waals surface area contributed by atoms with E-state index >= 15 is 0 Å². The Morgan fingerprint density at radius 2 is 1.93 bits per heavy atom. The van der Waals surface area contributed by atoms with Crippen LogP contribution in [-0.4, -0.2) is 33.8 Å². The van der Waals surface area contributed by atoms with E-state index in [-0.39, 0.29) is 28.6 Å². The molecule has 0 aliphatic heterocycles. The first-order valence-corrected chi connectivity index (χ1v) is 8.80. The van der Waals surface area contributed by atoms with Gasteiger partial charge in [-0.05, 0) is 18.1 Å². The first kappa shape index (κ1) is 20.6. The number of rotatable bonds is 5. The molecule has 0 saturated heterocycles. The third kappa shape index (κ3) is 3.77. The summed E-state index contributed by atoms with van der Waals surface area (Å²) in [5, 5.41) is 4.24. The summed E-state index contributed by atoms with van der Waals surface area (Å²) in [6.07, 6.45) is -4.53. The number of halogens is 4. The Morgan fingerprint density at radius 3 is 2.41 bits per heavy atom. The summed E-state index contributed by atoms with van der Waals surface area (Å²) in [5.74, 6) is 0.0790. The Kier molecular flexibility index (Phi) is 5.26. The molecule has 0 spiro atoms. The number of H-pyrrole nitrogens is 1. The van der Waals surface area contributed by atoms with Gasteiger partial charge in [0, 0.05) is 19.7 Å². The summed E-state index contributed by atoms with van der Waals surface area (Å²) >= 11 is 0. The van der Waals surface area contributed by atoms with Gasteiger partial charge in [-0.1, -0.05) is 26.0 Å². The number of alkyl halides is 4. The molecule has 2 heterocycles. The molecule has 6 nitrogen and oxygen atoms in total. The van der Waals surface area contributed by atoms with Gasteiger partial charge in [-0.25, -0.2) is 9.07 Å². The molecule has 1 aromatic carbocycles. The van der Waals surface area contributed by atoms with Crippen LogP contribution in [0.5, 0.6) is 0 Å². The molecule has 1 atom stereocenters.